The molecule has 0 fully saturated rings. The molecular weight excluding hydrogens is 292 g/mol. The Hall–Kier alpha value is -1.81. The minimum Gasteiger partial charge on any atom is -0.398 e. The number of amides is 1. The highest BCUT2D eigenvalue weighted by Gasteiger charge is 2.05. The predicted octanol–water partition coefficient (Wildman–Crippen LogP) is 3.21. The van der Waals surface area contributed by atoms with Crippen LogP contribution in [-0.2, 0) is 11.2 Å². The van der Waals surface area contributed by atoms with E-state index in [1.54, 1.807) is 18.2 Å². The Kier molecular flexibility index (Phi) is 3.99. The summed E-state index contributed by atoms with van der Waals surface area (Å²) in [5, 5.41) is 2.83. The summed E-state index contributed by atoms with van der Waals surface area (Å²) >= 11 is 3.33. The predicted molar refractivity (Wildman–Crippen MR) is 77.3 cm³/mol. The van der Waals surface area contributed by atoms with Crippen LogP contribution in [0.25, 0.3) is 0 Å². The molecule has 0 radical (unpaired) electrons. The maximum absolute atomic E-state index is 11.8. The fourth-order valence-corrected chi connectivity index (χ4v) is 1.97. The Bertz CT molecular complexity index is 555. The van der Waals surface area contributed by atoms with E-state index in [0.717, 1.165) is 15.7 Å². The van der Waals surface area contributed by atoms with Gasteiger partial charge in [0.15, 0.2) is 0 Å². The van der Waals surface area contributed by atoms with Crippen molar-refractivity contribution in [1.29, 1.82) is 0 Å². The van der Waals surface area contributed by atoms with Crippen molar-refractivity contribution < 1.29 is 4.79 Å². The van der Waals surface area contributed by atoms with E-state index < -0.39 is 0 Å². The fourth-order valence-electron chi connectivity index (χ4n) is 1.59. The Labute approximate surface area is 114 Å². The van der Waals surface area contributed by atoms with E-state index in [1.807, 2.05) is 30.3 Å². The average Bonchev–Trinajstić information content (AvgIpc) is 2.35. The molecule has 18 heavy (non-hydrogen) atoms. The lowest BCUT2D eigenvalue weighted by Crippen LogP contribution is -2.14. The fraction of sp³-hybridized carbons (Fsp3) is 0.0714. The number of halogens is 1. The summed E-state index contributed by atoms with van der Waals surface area (Å²) in [7, 11) is 0. The molecular formula is C14H13BrN2O. The Morgan fingerprint density at radius 2 is 1.89 bits per heavy atom. The molecule has 2 aromatic carbocycles. The summed E-state index contributed by atoms with van der Waals surface area (Å²) in [6, 6.07) is 14.9. The molecule has 0 bridgehead atoms. The first kappa shape index (κ1) is 12.6. The van der Waals surface area contributed by atoms with E-state index in [2.05, 4.69) is 21.2 Å². The molecule has 0 aliphatic carbocycles. The van der Waals surface area contributed by atoms with Gasteiger partial charge in [0.25, 0.3) is 0 Å². The second-order valence-corrected chi connectivity index (χ2v) is 4.80. The largest absolute Gasteiger partial charge is 0.398 e. The van der Waals surface area contributed by atoms with E-state index in [1.165, 1.54) is 0 Å². The van der Waals surface area contributed by atoms with Crippen molar-refractivity contribution in [2.45, 2.75) is 6.42 Å². The molecule has 4 heteroatoms. The molecule has 0 spiro atoms. The standard InChI is InChI=1S/C14H13BrN2O/c15-12-9-11(6-7-13(12)16)17-14(18)8-10-4-2-1-3-5-10/h1-7,9H,8,16H2,(H,17,18). The lowest BCUT2D eigenvalue weighted by Gasteiger charge is -2.07. The number of nitrogens with one attached hydrogen (secondary N) is 1. The first-order valence-electron chi connectivity index (χ1n) is 5.54. The third kappa shape index (κ3) is 3.34. The van der Waals surface area contributed by atoms with Crippen LogP contribution in [0.1, 0.15) is 5.56 Å². The molecule has 3 nitrogen and oxygen atoms in total. The van der Waals surface area contributed by atoms with Crippen molar-refractivity contribution in [1.82, 2.24) is 0 Å². The highest BCUT2D eigenvalue weighted by molar-refractivity contribution is 9.10. The quantitative estimate of drug-likeness (QED) is 0.856. The van der Waals surface area contributed by atoms with E-state index in [0.29, 0.717) is 12.1 Å². The second kappa shape index (κ2) is 5.69. The SMILES string of the molecule is Nc1ccc(NC(=O)Cc2ccccc2)cc1Br. The van der Waals surface area contributed by atoms with Gasteiger partial charge in [0.05, 0.1) is 6.42 Å². The molecule has 2 rings (SSSR count). The number of benzene rings is 2. The number of anilines is 2. The third-order valence-electron chi connectivity index (χ3n) is 2.49. The van der Waals surface area contributed by atoms with Crippen molar-refractivity contribution in [3.63, 3.8) is 0 Å². The molecule has 0 saturated carbocycles. The highest BCUT2D eigenvalue weighted by atomic mass is 79.9. The van der Waals surface area contributed by atoms with Gasteiger partial charge in [-0.2, -0.15) is 0 Å². The van der Waals surface area contributed by atoms with Gasteiger partial charge in [0, 0.05) is 15.8 Å². The number of rotatable bonds is 3. The van der Waals surface area contributed by atoms with Crippen LogP contribution in [0.15, 0.2) is 53.0 Å². The molecule has 0 heterocycles. The van der Waals surface area contributed by atoms with Crippen LogP contribution in [0, 0.1) is 0 Å². The zero-order valence-corrected chi connectivity index (χ0v) is 11.3. The summed E-state index contributed by atoms with van der Waals surface area (Å²) < 4.78 is 0.778. The number of nitrogen functional groups attached to an aromatic ring is 1. The van der Waals surface area contributed by atoms with Crippen LogP contribution in [0.2, 0.25) is 0 Å². The molecule has 2 aromatic rings. The second-order valence-electron chi connectivity index (χ2n) is 3.95. The Morgan fingerprint density at radius 3 is 2.56 bits per heavy atom. The Morgan fingerprint density at radius 1 is 1.17 bits per heavy atom. The van der Waals surface area contributed by atoms with Crippen LogP contribution in [-0.4, -0.2) is 5.91 Å². The maximum Gasteiger partial charge on any atom is 0.228 e. The van der Waals surface area contributed by atoms with Gasteiger partial charge < -0.3 is 11.1 Å². The van der Waals surface area contributed by atoms with Crippen molar-refractivity contribution in [2.24, 2.45) is 0 Å². The van der Waals surface area contributed by atoms with Gasteiger partial charge >= 0.3 is 0 Å². The number of hydrogen-bond acceptors (Lipinski definition) is 2. The number of carbonyl (C=O) groups is 1. The first-order valence-corrected chi connectivity index (χ1v) is 6.33. The lowest BCUT2D eigenvalue weighted by atomic mass is 10.1. The monoisotopic (exact) mass is 304 g/mol. The van der Waals surface area contributed by atoms with Crippen molar-refractivity contribution >= 4 is 33.2 Å². The van der Waals surface area contributed by atoms with Gasteiger partial charge in [0.1, 0.15) is 0 Å². The van der Waals surface area contributed by atoms with Crippen LogP contribution in [0.3, 0.4) is 0 Å². The van der Waals surface area contributed by atoms with Crippen molar-refractivity contribution in [2.75, 3.05) is 11.1 Å². The summed E-state index contributed by atoms with van der Waals surface area (Å²) in [5.74, 6) is -0.0436. The maximum atomic E-state index is 11.8. The van der Waals surface area contributed by atoms with Gasteiger partial charge in [0.2, 0.25) is 5.91 Å². The smallest absolute Gasteiger partial charge is 0.228 e. The van der Waals surface area contributed by atoms with Gasteiger partial charge in [-0.3, -0.25) is 4.79 Å². The first-order chi connectivity index (χ1) is 8.65. The number of carbonyl (C=O) groups excluding carboxylic acids is 1. The topological polar surface area (TPSA) is 55.1 Å². The molecule has 0 aliphatic rings. The molecule has 0 aromatic heterocycles. The minimum absolute atomic E-state index is 0.0436. The van der Waals surface area contributed by atoms with E-state index in [9.17, 15) is 4.79 Å². The van der Waals surface area contributed by atoms with Gasteiger partial charge in [-0.15, -0.1) is 0 Å². The van der Waals surface area contributed by atoms with Crippen LogP contribution in [0.4, 0.5) is 11.4 Å². The number of nitrogens with two attached hydrogens (primary N) is 1. The van der Waals surface area contributed by atoms with E-state index >= 15 is 0 Å². The lowest BCUT2D eigenvalue weighted by molar-refractivity contribution is -0.115. The molecule has 0 atom stereocenters. The van der Waals surface area contributed by atoms with Gasteiger partial charge in [-0.05, 0) is 39.7 Å². The average molecular weight is 305 g/mol. The molecule has 0 aliphatic heterocycles. The van der Waals surface area contributed by atoms with Crippen LogP contribution < -0.4 is 11.1 Å². The van der Waals surface area contributed by atoms with Gasteiger partial charge in [-0.1, -0.05) is 30.3 Å². The van der Waals surface area contributed by atoms with Crippen molar-refractivity contribution in [3.05, 3.63) is 58.6 Å². The highest BCUT2D eigenvalue weighted by Crippen LogP contribution is 2.23. The molecule has 1 amide bonds. The molecule has 3 N–H and O–H groups in total. The van der Waals surface area contributed by atoms with Crippen molar-refractivity contribution in [3.8, 4) is 0 Å². The van der Waals surface area contributed by atoms with Gasteiger partial charge in [-0.25, -0.2) is 0 Å². The minimum atomic E-state index is -0.0436. The Balaban J connectivity index is 2.01. The van der Waals surface area contributed by atoms with Crippen LogP contribution in [0.5, 0.6) is 0 Å². The zero-order chi connectivity index (χ0) is 13.0. The molecule has 0 saturated heterocycles. The summed E-state index contributed by atoms with van der Waals surface area (Å²) in [5.41, 5.74) is 8.06. The third-order valence-corrected chi connectivity index (χ3v) is 3.18. The van der Waals surface area contributed by atoms with E-state index in [4.69, 9.17) is 5.73 Å². The normalized spacial score (nSPS) is 10.1. The summed E-state index contributed by atoms with van der Waals surface area (Å²) in [4.78, 5) is 11.8. The molecule has 0 unspecified atom stereocenters. The molecule has 92 valence electrons. The zero-order valence-electron chi connectivity index (χ0n) is 9.69. The summed E-state index contributed by atoms with van der Waals surface area (Å²) in [6.07, 6.45) is 0.364. The van der Waals surface area contributed by atoms with Crippen LogP contribution >= 0.6 is 15.9 Å². The van der Waals surface area contributed by atoms with E-state index in [-0.39, 0.29) is 5.91 Å². The summed E-state index contributed by atoms with van der Waals surface area (Å²) in [6.45, 7) is 0. The number of hydrogen-bond donors (Lipinski definition) is 2.